The first-order chi connectivity index (χ1) is 15.9. The third-order valence-electron chi connectivity index (χ3n) is 5.44. The minimum atomic E-state index is -0.262. The van der Waals surface area contributed by atoms with Crippen molar-refractivity contribution < 1.29 is 18.9 Å². The zero-order chi connectivity index (χ0) is 21.8. The van der Waals surface area contributed by atoms with E-state index in [-0.39, 0.29) is 18.3 Å². The Hall–Kier alpha value is -2.92. The van der Waals surface area contributed by atoms with Crippen LogP contribution < -0.4 is 0 Å². The quantitative estimate of drug-likeness (QED) is 0.415. The molecule has 1 heterocycles. The zero-order valence-corrected chi connectivity index (χ0v) is 18.2. The molecule has 3 aromatic carbocycles. The predicted octanol–water partition coefficient (Wildman–Crippen LogP) is 5.68. The molecule has 1 aliphatic heterocycles. The molecule has 4 heteroatoms. The number of benzene rings is 3. The standard InChI is InChI=1S/C28H30O4/c1-4-11-23(12-5-1)19-29-22-27-28(32-21-25-15-8-3-9-16-25)26(17-10-18-30-27)31-20-24-13-6-2-7-14-24/h1-16,18,26-28H,17,19-22H2/t26-,27-,28+/m1/s1. The van der Waals surface area contributed by atoms with Gasteiger partial charge in [0.15, 0.2) is 0 Å². The molecule has 4 rings (SSSR count). The summed E-state index contributed by atoms with van der Waals surface area (Å²) in [6.07, 6.45) is 3.82. The van der Waals surface area contributed by atoms with Gasteiger partial charge in [-0.2, -0.15) is 0 Å². The van der Waals surface area contributed by atoms with Gasteiger partial charge in [-0.3, -0.25) is 0 Å². The second-order valence-electron chi connectivity index (χ2n) is 7.88. The molecule has 3 aromatic rings. The summed E-state index contributed by atoms with van der Waals surface area (Å²) < 4.78 is 24.8. The minimum Gasteiger partial charge on any atom is -0.493 e. The Bertz CT molecular complexity index is 927. The molecule has 0 aromatic heterocycles. The van der Waals surface area contributed by atoms with Crippen LogP contribution in [0.3, 0.4) is 0 Å². The number of rotatable bonds is 10. The van der Waals surface area contributed by atoms with Crippen LogP contribution in [0.2, 0.25) is 0 Å². The van der Waals surface area contributed by atoms with Crippen LogP contribution in [0, 0.1) is 0 Å². The van der Waals surface area contributed by atoms with Gasteiger partial charge in [-0.05, 0) is 29.2 Å². The summed E-state index contributed by atoms with van der Waals surface area (Å²) in [4.78, 5) is 0. The van der Waals surface area contributed by atoms with E-state index in [2.05, 4.69) is 36.4 Å². The monoisotopic (exact) mass is 430 g/mol. The van der Waals surface area contributed by atoms with Crippen LogP contribution in [0.4, 0.5) is 0 Å². The van der Waals surface area contributed by atoms with Gasteiger partial charge in [0, 0.05) is 0 Å². The molecule has 0 fully saturated rings. The molecule has 0 aliphatic carbocycles. The van der Waals surface area contributed by atoms with Crippen molar-refractivity contribution in [2.24, 2.45) is 0 Å². The van der Waals surface area contributed by atoms with Crippen molar-refractivity contribution in [2.45, 2.75) is 44.6 Å². The maximum absolute atomic E-state index is 6.40. The van der Waals surface area contributed by atoms with Gasteiger partial charge in [-0.25, -0.2) is 0 Å². The second kappa shape index (κ2) is 12.2. The van der Waals surface area contributed by atoms with Crippen LogP contribution >= 0.6 is 0 Å². The molecule has 0 radical (unpaired) electrons. The first-order valence-corrected chi connectivity index (χ1v) is 11.1. The number of hydrogen-bond donors (Lipinski definition) is 0. The van der Waals surface area contributed by atoms with Gasteiger partial charge in [0.05, 0.1) is 38.8 Å². The van der Waals surface area contributed by atoms with Crippen molar-refractivity contribution in [1.82, 2.24) is 0 Å². The lowest BCUT2D eigenvalue weighted by Gasteiger charge is -2.31. The van der Waals surface area contributed by atoms with Crippen LogP contribution in [0.25, 0.3) is 0 Å². The van der Waals surface area contributed by atoms with E-state index in [4.69, 9.17) is 18.9 Å². The maximum atomic E-state index is 6.40. The fraction of sp³-hybridized carbons (Fsp3) is 0.286. The van der Waals surface area contributed by atoms with Gasteiger partial charge in [-0.15, -0.1) is 0 Å². The Kier molecular flexibility index (Phi) is 8.50. The van der Waals surface area contributed by atoms with E-state index >= 15 is 0 Å². The Morgan fingerprint density at radius 1 is 0.656 bits per heavy atom. The van der Waals surface area contributed by atoms with E-state index in [1.165, 1.54) is 0 Å². The molecule has 0 saturated heterocycles. The lowest BCUT2D eigenvalue weighted by Crippen LogP contribution is -2.43. The molecule has 0 N–H and O–H groups in total. The normalized spacial score (nSPS) is 20.4. The highest BCUT2D eigenvalue weighted by Gasteiger charge is 2.34. The number of hydrogen-bond acceptors (Lipinski definition) is 4. The molecule has 166 valence electrons. The fourth-order valence-corrected chi connectivity index (χ4v) is 3.72. The van der Waals surface area contributed by atoms with Crippen molar-refractivity contribution in [3.8, 4) is 0 Å². The van der Waals surface area contributed by atoms with Gasteiger partial charge < -0.3 is 18.9 Å². The Morgan fingerprint density at radius 3 is 1.78 bits per heavy atom. The average Bonchev–Trinajstić information content (AvgIpc) is 3.05. The molecule has 0 unspecified atom stereocenters. The lowest BCUT2D eigenvalue weighted by atomic mass is 10.1. The van der Waals surface area contributed by atoms with Crippen LogP contribution in [-0.2, 0) is 38.8 Å². The third-order valence-corrected chi connectivity index (χ3v) is 5.44. The molecule has 0 spiro atoms. The van der Waals surface area contributed by atoms with E-state index in [0.717, 1.165) is 23.1 Å². The van der Waals surface area contributed by atoms with Gasteiger partial charge in [0.1, 0.15) is 12.2 Å². The molecule has 3 atom stereocenters. The average molecular weight is 431 g/mol. The maximum Gasteiger partial charge on any atom is 0.150 e. The zero-order valence-electron chi connectivity index (χ0n) is 18.2. The Labute approximate surface area is 190 Å². The van der Waals surface area contributed by atoms with Crippen molar-refractivity contribution in [1.29, 1.82) is 0 Å². The summed E-state index contributed by atoms with van der Waals surface area (Å²) in [6, 6.07) is 30.5. The van der Waals surface area contributed by atoms with Crippen molar-refractivity contribution in [2.75, 3.05) is 6.61 Å². The summed E-state index contributed by atoms with van der Waals surface area (Å²) >= 11 is 0. The van der Waals surface area contributed by atoms with Crippen LogP contribution in [0.1, 0.15) is 23.1 Å². The lowest BCUT2D eigenvalue weighted by molar-refractivity contribution is -0.144. The second-order valence-corrected chi connectivity index (χ2v) is 7.88. The van der Waals surface area contributed by atoms with Crippen LogP contribution in [-0.4, -0.2) is 24.9 Å². The summed E-state index contributed by atoms with van der Waals surface area (Å²) in [5, 5.41) is 0. The summed E-state index contributed by atoms with van der Waals surface area (Å²) in [7, 11) is 0. The van der Waals surface area contributed by atoms with Gasteiger partial charge in [0.2, 0.25) is 0 Å². The molecule has 0 bridgehead atoms. The van der Waals surface area contributed by atoms with Crippen molar-refractivity contribution >= 4 is 0 Å². The van der Waals surface area contributed by atoms with Gasteiger partial charge >= 0.3 is 0 Å². The highest BCUT2D eigenvalue weighted by molar-refractivity contribution is 5.15. The molecule has 0 amide bonds. The third kappa shape index (κ3) is 6.79. The highest BCUT2D eigenvalue weighted by atomic mass is 16.6. The van der Waals surface area contributed by atoms with E-state index in [1.54, 1.807) is 6.26 Å². The molecule has 0 saturated carbocycles. The first-order valence-electron chi connectivity index (χ1n) is 11.1. The summed E-state index contributed by atoms with van der Waals surface area (Å²) in [5.41, 5.74) is 3.39. The Morgan fingerprint density at radius 2 is 1.19 bits per heavy atom. The molecule has 4 nitrogen and oxygen atoms in total. The summed E-state index contributed by atoms with van der Waals surface area (Å²) in [6.45, 7) is 1.98. The fourth-order valence-electron chi connectivity index (χ4n) is 3.72. The van der Waals surface area contributed by atoms with E-state index in [9.17, 15) is 0 Å². The topological polar surface area (TPSA) is 36.9 Å². The highest BCUT2D eigenvalue weighted by Crippen LogP contribution is 2.23. The smallest absolute Gasteiger partial charge is 0.150 e. The number of ether oxygens (including phenoxy) is 4. The van der Waals surface area contributed by atoms with E-state index in [1.807, 2.05) is 60.7 Å². The van der Waals surface area contributed by atoms with Gasteiger partial charge in [0.25, 0.3) is 0 Å². The van der Waals surface area contributed by atoms with Crippen LogP contribution in [0.5, 0.6) is 0 Å². The molecule has 1 aliphatic rings. The molecular weight excluding hydrogens is 400 g/mol. The molecular formula is C28H30O4. The largest absolute Gasteiger partial charge is 0.493 e. The predicted molar refractivity (Wildman–Crippen MR) is 125 cm³/mol. The Balaban J connectivity index is 1.42. The first kappa shape index (κ1) is 22.3. The van der Waals surface area contributed by atoms with Crippen molar-refractivity contribution in [3.05, 3.63) is 120 Å². The summed E-state index contributed by atoms with van der Waals surface area (Å²) in [5.74, 6) is 0. The van der Waals surface area contributed by atoms with E-state index < -0.39 is 0 Å². The SMILES string of the molecule is C1=CO[C@H](COCc2ccccc2)[C@@H](OCc2ccccc2)[C@H](OCc2ccccc2)C1. The molecule has 32 heavy (non-hydrogen) atoms. The van der Waals surface area contributed by atoms with Gasteiger partial charge in [-0.1, -0.05) is 91.0 Å². The van der Waals surface area contributed by atoms with E-state index in [0.29, 0.717) is 26.4 Å². The minimum absolute atomic E-state index is 0.136. The van der Waals surface area contributed by atoms with Crippen molar-refractivity contribution in [3.63, 3.8) is 0 Å². The van der Waals surface area contributed by atoms with Crippen LogP contribution in [0.15, 0.2) is 103 Å².